The van der Waals surface area contributed by atoms with Crippen LogP contribution in [-0.4, -0.2) is 42.6 Å². The van der Waals surface area contributed by atoms with Gasteiger partial charge in [0.25, 0.3) is 0 Å². The maximum absolute atomic E-state index is 13.3. The lowest BCUT2D eigenvalue weighted by Gasteiger charge is -2.10. The fourth-order valence-electron chi connectivity index (χ4n) is 3.10. The fraction of sp³-hybridized carbons (Fsp3) is 0.273. The third-order valence-corrected chi connectivity index (χ3v) is 7.37. The maximum Gasteiger partial charge on any atom is 0.433 e. The number of nitrogens with zero attached hydrogens (tertiary/aromatic N) is 3. The molecule has 0 unspecified atom stereocenters. The standard InChI is InChI=1S/C22H18F3N3O6S2/c1-13(14-6-7-16-17(10-14)33-12-32-16)28-34-20(29)5-3-9-36(30,31)21-26-15(18-4-2-8-35-18)11-19(27-21)22(23,24)25/h2,4,6-8,10-11H,3,5,9,12H2,1H3. The van der Waals surface area contributed by atoms with Gasteiger partial charge in [-0.05, 0) is 49.1 Å². The summed E-state index contributed by atoms with van der Waals surface area (Å²) in [4.78, 5) is 24.3. The summed E-state index contributed by atoms with van der Waals surface area (Å²) < 4.78 is 75.8. The quantitative estimate of drug-likeness (QED) is 0.177. The molecule has 14 heteroatoms. The molecule has 4 rings (SSSR count). The minimum atomic E-state index is -4.86. The lowest BCUT2D eigenvalue weighted by atomic mass is 10.1. The molecule has 190 valence electrons. The van der Waals surface area contributed by atoms with Gasteiger partial charge in [0.05, 0.1) is 22.0 Å². The van der Waals surface area contributed by atoms with Gasteiger partial charge in [0.1, 0.15) is 5.69 Å². The topological polar surface area (TPSA) is 117 Å². The van der Waals surface area contributed by atoms with Crippen LogP contribution in [-0.2, 0) is 25.6 Å². The van der Waals surface area contributed by atoms with Gasteiger partial charge in [-0.1, -0.05) is 11.2 Å². The first kappa shape index (κ1) is 25.6. The van der Waals surface area contributed by atoms with E-state index in [1.807, 2.05) is 0 Å². The molecule has 3 heterocycles. The first-order chi connectivity index (χ1) is 17.0. The maximum atomic E-state index is 13.3. The van der Waals surface area contributed by atoms with Gasteiger partial charge in [-0.2, -0.15) is 13.2 Å². The van der Waals surface area contributed by atoms with Crippen molar-refractivity contribution in [2.75, 3.05) is 12.5 Å². The van der Waals surface area contributed by atoms with Crippen LogP contribution in [0.3, 0.4) is 0 Å². The summed E-state index contributed by atoms with van der Waals surface area (Å²) in [7, 11) is -4.32. The predicted molar refractivity (Wildman–Crippen MR) is 123 cm³/mol. The van der Waals surface area contributed by atoms with E-state index < -0.39 is 38.6 Å². The first-order valence-electron chi connectivity index (χ1n) is 10.4. The third-order valence-electron chi connectivity index (χ3n) is 4.92. The van der Waals surface area contributed by atoms with E-state index in [0.29, 0.717) is 33.7 Å². The van der Waals surface area contributed by atoms with Crippen molar-refractivity contribution in [2.45, 2.75) is 31.1 Å². The van der Waals surface area contributed by atoms with Gasteiger partial charge in [-0.3, -0.25) is 0 Å². The van der Waals surface area contributed by atoms with Crippen molar-refractivity contribution in [3.63, 3.8) is 0 Å². The van der Waals surface area contributed by atoms with E-state index in [2.05, 4.69) is 15.1 Å². The Bertz CT molecular complexity index is 1410. The van der Waals surface area contributed by atoms with E-state index in [4.69, 9.17) is 14.3 Å². The van der Waals surface area contributed by atoms with Crippen molar-refractivity contribution in [1.29, 1.82) is 0 Å². The third kappa shape index (κ3) is 5.99. The van der Waals surface area contributed by atoms with Gasteiger partial charge >= 0.3 is 12.1 Å². The van der Waals surface area contributed by atoms with Crippen molar-refractivity contribution < 1.29 is 40.7 Å². The van der Waals surface area contributed by atoms with Gasteiger partial charge < -0.3 is 14.3 Å². The Kier molecular flexibility index (Phi) is 7.26. The molecule has 0 spiro atoms. The first-order valence-corrected chi connectivity index (χ1v) is 12.9. The highest BCUT2D eigenvalue weighted by atomic mass is 32.2. The molecule has 1 aliphatic rings. The number of alkyl halides is 3. The molecule has 36 heavy (non-hydrogen) atoms. The number of oxime groups is 1. The summed E-state index contributed by atoms with van der Waals surface area (Å²) >= 11 is 1.11. The number of benzene rings is 1. The van der Waals surface area contributed by atoms with Crippen molar-refractivity contribution in [3.8, 4) is 22.1 Å². The second-order valence-corrected chi connectivity index (χ2v) is 10.5. The van der Waals surface area contributed by atoms with Crippen LogP contribution in [0.4, 0.5) is 13.2 Å². The second-order valence-electron chi connectivity index (χ2n) is 7.53. The van der Waals surface area contributed by atoms with E-state index in [0.717, 1.165) is 11.3 Å². The Morgan fingerprint density at radius 3 is 2.67 bits per heavy atom. The van der Waals surface area contributed by atoms with Gasteiger partial charge in [-0.25, -0.2) is 23.2 Å². The largest absolute Gasteiger partial charge is 0.454 e. The molecule has 1 aliphatic heterocycles. The highest BCUT2D eigenvalue weighted by molar-refractivity contribution is 7.91. The average Bonchev–Trinajstić information content (AvgIpc) is 3.53. The molecular weight excluding hydrogens is 523 g/mol. The van der Waals surface area contributed by atoms with Crippen molar-refractivity contribution >= 4 is 32.9 Å². The van der Waals surface area contributed by atoms with Crippen molar-refractivity contribution in [1.82, 2.24) is 9.97 Å². The van der Waals surface area contributed by atoms with Gasteiger partial charge in [0, 0.05) is 12.0 Å². The van der Waals surface area contributed by atoms with Crippen LogP contribution in [0.15, 0.2) is 52.1 Å². The smallest absolute Gasteiger partial charge is 0.433 e. The number of rotatable bonds is 8. The van der Waals surface area contributed by atoms with E-state index in [1.54, 1.807) is 36.6 Å². The van der Waals surface area contributed by atoms with Gasteiger partial charge in [0.2, 0.25) is 21.8 Å². The number of aromatic nitrogens is 2. The SMILES string of the molecule is CC(=NOC(=O)CCCS(=O)(=O)c1nc(-c2cccs2)cc(C(F)(F)F)n1)c1ccc2c(c1)OCO2. The summed E-state index contributed by atoms with van der Waals surface area (Å²) in [6.07, 6.45) is -5.43. The molecule has 0 bridgehead atoms. The number of thiophene rings is 1. The number of halogens is 3. The Morgan fingerprint density at radius 1 is 1.17 bits per heavy atom. The molecule has 9 nitrogen and oxygen atoms in total. The predicted octanol–water partition coefficient (Wildman–Crippen LogP) is 4.47. The monoisotopic (exact) mass is 541 g/mol. The highest BCUT2D eigenvalue weighted by Crippen LogP contribution is 2.33. The number of ether oxygens (including phenoxy) is 2. The van der Waals surface area contributed by atoms with Crippen LogP contribution in [0.25, 0.3) is 10.6 Å². The van der Waals surface area contributed by atoms with Crippen LogP contribution in [0.2, 0.25) is 0 Å². The molecule has 0 N–H and O–H groups in total. The van der Waals surface area contributed by atoms with E-state index in [1.165, 1.54) is 6.07 Å². The number of hydrogen-bond donors (Lipinski definition) is 0. The lowest BCUT2D eigenvalue weighted by molar-refractivity contribution is -0.143. The fourth-order valence-corrected chi connectivity index (χ4v) is 4.97. The summed E-state index contributed by atoms with van der Waals surface area (Å²) in [5.74, 6) is -0.359. The number of hydrogen-bond acceptors (Lipinski definition) is 10. The molecule has 0 fully saturated rings. The number of sulfone groups is 1. The van der Waals surface area contributed by atoms with Crippen LogP contribution >= 0.6 is 11.3 Å². The lowest BCUT2D eigenvalue weighted by Crippen LogP contribution is -2.17. The molecule has 0 radical (unpaired) electrons. The zero-order valence-corrected chi connectivity index (χ0v) is 20.2. The van der Waals surface area contributed by atoms with E-state index in [9.17, 15) is 26.4 Å². The zero-order chi connectivity index (χ0) is 25.9. The molecule has 0 amide bonds. The summed E-state index contributed by atoms with van der Waals surface area (Å²) in [5, 5.41) is 4.42. The number of fused-ring (bicyclic) bond motifs is 1. The second kappa shape index (κ2) is 10.2. The Hall–Kier alpha value is -3.52. The van der Waals surface area contributed by atoms with Gasteiger partial charge in [-0.15, -0.1) is 11.3 Å². The summed E-state index contributed by atoms with van der Waals surface area (Å²) in [6, 6.07) is 8.87. The summed E-state index contributed by atoms with van der Waals surface area (Å²) in [5.41, 5.74) is -0.531. The van der Waals surface area contributed by atoms with E-state index in [-0.39, 0.29) is 25.3 Å². The molecule has 0 atom stereocenters. The molecule has 2 aromatic heterocycles. The summed E-state index contributed by atoms with van der Waals surface area (Å²) in [6.45, 7) is 1.71. The Labute approximate surface area is 207 Å². The molecular formula is C22H18F3N3O6S2. The number of carbonyl (C=O) groups excluding carboxylic acids is 1. The van der Waals surface area contributed by atoms with Crippen LogP contribution in [0.1, 0.15) is 31.0 Å². The zero-order valence-electron chi connectivity index (χ0n) is 18.6. The molecule has 1 aromatic carbocycles. The molecule has 3 aromatic rings. The van der Waals surface area contributed by atoms with Crippen molar-refractivity contribution in [2.24, 2.45) is 5.16 Å². The Morgan fingerprint density at radius 2 is 1.94 bits per heavy atom. The van der Waals surface area contributed by atoms with E-state index >= 15 is 0 Å². The van der Waals surface area contributed by atoms with Crippen LogP contribution in [0, 0.1) is 0 Å². The number of carbonyl (C=O) groups is 1. The average molecular weight is 542 g/mol. The normalized spacial score (nSPS) is 13.6. The van der Waals surface area contributed by atoms with Crippen LogP contribution < -0.4 is 9.47 Å². The Balaban J connectivity index is 1.39. The molecule has 0 saturated heterocycles. The van der Waals surface area contributed by atoms with Crippen LogP contribution in [0.5, 0.6) is 11.5 Å². The highest BCUT2D eigenvalue weighted by Gasteiger charge is 2.35. The minimum absolute atomic E-state index is 0.105. The minimum Gasteiger partial charge on any atom is -0.454 e. The van der Waals surface area contributed by atoms with Gasteiger partial charge in [0.15, 0.2) is 11.5 Å². The van der Waals surface area contributed by atoms with Crippen molar-refractivity contribution in [3.05, 3.63) is 53.0 Å². The molecule has 0 aliphatic carbocycles. The molecule has 0 saturated carbocycles.